The average molecular weight is 408 g/mol. The predicted octanol–water partition coefficient (Wildman–Crippen LogP) is 4.30. The van der Waals surface area contributed by atoms with E-state index in [0.717, 1.165) is 16.5 Å². The van der Waals surface area contributed by atoms with Crippen molar-refractivity contribution in [2.24, 2.45) is 0 Å². The number of rotatable bonds is 6. The summed E-state index contributed by atoms with van der Waals surface area (Å²) in [5.74, 6) is -0.513. The molecule has 0 aliphatic heterocycles. The molecule has 3 aromatic rings. The fraction of sp³-hybridized carbons (Fsp3) is 0.333. The predicted molar refractivity (Wildman–Crippen MR) is 116 cm³/mol. The highest BCUT2D eigenvalue weighted by molar-refractivity contribution is 5.86. The molecule has 1 aromatic heterocycles. The summed E-state index contributed by atoms with van der Waals surface area (Å²) in [6.07, 6.45) is 1.68. The summed E-state index contributed by atoms with van der Waals surface area (Å²) >= 11 is 0. The van der Waals surface area contributed by atoms with Crippen LogP contribution in [0.4, 0.5) is 4.79 Å². The van der Waals surface area contributed by atoms with Crippen LogP contribution in [0.1, 0.15) is 31.9 Å². The molecule has 0 fully saturated rings. The fourth-order valence-electron chi connectivity index (χ4n) is 3.40. The first kappa shape index (κ1) is 21.4. The van der Waals surface area contributed by atoms with E-state index in [1.54, 1.807) is 20.8 Å². The summed E-state index contributed by atoms with van der Waals surface area (Å²) in [4.78, 5) is 24.6. The molecule has 2 aromatic carbocycles. The number of fused-ring (bicyclic) bond motifs is 1. The van der Waals surface area contributed by atoms with Crippen LogP contribution in [0.3, 0.4) is 0 Å². The molecule has 30 heavy (non-hydrogen) atoms. The van der Waals surface area contributed by atoms with Gasteiger partial charge < -0.3 is 19.4 Å². The monoisotopic (exact) mass is 408 g/mol. The molecule has 0 unspecified atom stereocenters. The Labute approximate surface area is 176 Å². The Morgan fingerprint density at radius 1 is 1.03 bits per heavy atom. The molecule has 0 radical (unpaired) electrons. The van der Waals surface area contributed by atoms with Crippen LogP contribution in [0.5, 0.6) is 0 Å². The number of para-hydroxylation sites is 1. The van der Waals surface area contributed by atoms with E-state index >= 15 is 0 Å². The molecule has 1 atom stereocenters. The number of benzene rings is 2. The third kappa shape index (κ3) is 5.41. The van der Waals surface area contributed by atoms with Crippen molar-refractivity contribution in [1.82, 2.24) is 9.88 Å². The van der Waals surface area contributed by atoms with Gasteiger partial charge in [0, 0.05) is 30.1 Å². The van der Waals surface area contributed by atoms with E-state index in [4.69, 9.17) is 9.47 Å². The number of carbonyl (C=O) groups excluding carboxylic acids is 2. The minimum Gasteiger partial charge on any atom is -0.467 e. The van der Waals surface area contributed by atoms with Gasteiger partial charge in [0.1, 0.15) is 11.6 Å². The van der Waals surface area contributed by atoms with Gasteiger partial charge in [-0.3, -0.25) is 0 Å². The maximum Gasteiger partial charge on any atom is 0.408 e. The molecular formula is C24H28N2O4. The van der Waals surface area contributed by atoms with E-state index in [1.165, 1.54) is 12.7 Å². The van der Waals surface area contributed by atoms with Crippen molar-refractivity contribution in [1.29, 1.82) is 0 Å². The van der Waals surface area contributed by atoms with Crippen molar-refractivity contribution in [3.05, 3.63) is 71.9 Å². The standard InChI is InChI=1S/C24H28N2O4/c1-24(2,3)30-23(28)25-20(22(27)29-4)14-18-16-26(15-17-10-6-5-7-11-17)21-13-9-8-12-19(18)21/h5-13,16,20H,14-15H2,1-4H3,(H,25,28)/t20-/m0/s1. The van der Waals surface area contributed by atoms with Crippen LogP contribution in [0.15, 0.2) is 60.8 Å². The zero-order valence-electron chi connectivity index (χ0n) is 17.8. The number of hydrogen-bond acceptors (Lipinski definition) is 4. The van der Waals surface area contributed by atoms with Gasteiger partial charge >= 0.3 is 12.1 Å². The Morgan fingerprint density at radius 2 is 1.70 bits per heavy atom. The molecule has 1 amide bonds. The Bertz CT molecular complexity index is 1020. The van der Waals surface area contributed by atoms with Gasteiger partial charge in [-0.05, 0) is 38.0 Å². The summed E-state index contributed by atoms with van der Waals surface area (Å²) < 4.78 is 12.4. The van der Waals surface area contributed by atoms with Gasteiger partial charge in [0.05, 0.1) is 7.11 Å². The molecule has 1 heterocycles. The van der Waals surface area contributed by atoms with Gasteiger partial charge in [-0.1, -0.05) is 48.5 Å². The topological polar surface area (TPSA) is 69.6 Å². The maximum atomic E-state index is 12.4. The van der Waals surface area contributed by atoms with Crippen molar-refractivity contribution in [2.75, 3.05) is 7.11 Å². The summed E-state index contributed by atoms with van der Waals surface area (Å²) in [6.45, 7) is 6.04. The van der Waals surface area contributed by atoms with Gasteiger partial charge in [-0.2, -0.15) is 0 Å². The molecule has 0 aliphatic rings. The SMILES string of the molecule is COC(=O)[C@H](Cc1cn(Cc2ccccc2)c2ccccc12)NC(=O)OC(C)(C)C. The number of carbonyl (C=O) groups is 2. The minimum absolute atomic E-state index is 0.300. The molecule has 6 nitrogen and oxygen atoms in total. The normalized spacial score (nSPS) is 12.4. The molecular weight excluding hydrogens is 380 g/mol. The van der Waals surface area contributed by atoms with E-state index in [-0.39, 0.29) is 0 Å². The van der Waals surface area contributed by atoms with Crippen LogP contribution < -0.4 is 5.32 Å². The fourth-order valence-corrected chi connectivity index (χ4v) is 3.40. The van der Waals surface area contributed by atoms with Crippen molar-refractivity contribution in [3.63, 3.8) is 0 Å². The quantitative estimate of drug-likeness (QED) is 0.618. The summed E-state index contributed by atoms with van der Waals surface area (Å²) in [6, 6.07) is 17.4. The third-order valence-corrected chi connectivity index (χ3v) is 4.67. The Kier molecular flexibility index (Phi) is 6.45. The molecule has 0 aliphatic carbocycles. The molecule has 0 spiro atoms. The molecule has 3 rings (SSSR count). The lowest BCUT2D eigenvalue weighted by Crippen LogP contribution is -2.45. The van der Waals surface area contributed by atoms with Crippen LogP contribution in [-0.4, -0.2) is 35.4 Å². The van der Waals surface area contributed by atoms with E-state index < -0.39 is 23.7 Å². The maximum absolute atomic E-state index is 12.4. The van der Waals surface area contributed by atoms with Crippen LogP contribution in [0.2, 0.25) is 0 Å². The minimum atomic E-state index is -0.846. The van der Waals surface area contributed by atoms with E-state index in [0.29, 0.717) is 13.0 Å². The number of ether oxygens (including phenoxy) is 2. The zero-order valence-corrected chi connectivity index (χ0v) is 17.8. The molecule has 0 bridgehead atoms. The number of methoxy groups -OCH3 is 1. The number of nitrogens with one attached hydrogen (secondary N) is 1. The first-order valence-corrected chi connectivity index (χ1v) is 9.95. The average Bonchev–Trinajstić information content (AvgIpc) is 3.03. The molecule has 0 saturated carbocycles. The second-order valence-corrected chi connectivity index (χ2v) is 8.21. The summed E-state index contributed by atoms with van der Waals surface area (Å²) in [7, 11) is 1.31. The Balaban J connectivity index is 1.88. The van der Waals surface area contributed by atoms with Crippen molar-refractivity contribution in [2.45, 2.75) is 45.4 Å². The molecule has 158 valence electrons. The zero-order chi connectivity index (χ0) is 21.7. The third-order valence-electron chi connectivity index (χ3n) is 4.67. The highest BCUT2D eigenvalue weighted by atomic mass is 16.6. The van der Waals surface area contributed by atoms with Crippen LogP contribution >= 0.6 is 0 Å². The molecule has 1 N–H and O–H groups in total. The molecule has 6 heteroatoms. The largest absolute Gasteiger partial charge is 0.467 e. The van der Waals surface area contributed by atoms with E-state index in [2.05, 4.69) is 28.1 Å². The van der Waals surface area contributed by atoms with Crippen LogP contribution in [-0.2, 0) is 27.2 Å². The van der Waals surface area contributed by atoms with Gasteiger partial charge in [-0.25, -0.2) is 9.59 Å². The lowest BCUT2D eigenvalue weighted by Gasteiger charge is -2.22. The van der Waals surface area contributed by atoms with Gasteiger partial charge in [-0.15, -0.1) is 0 Å². The van der Waals surface area contributed by atoms with Crippen LogP contribution in [0.25, 0.3) is 10.9 Å². The van der Waals surface area contributed by atoms with Crippen LogP contribution in [0, 0.1) is 0 Å². The van der Waals surface area contributed by atoms with Gasteiger partial charge in [0.25, 0.3) is 0 Å². The lowest BCUT2D eigenvalue weighted by atomic mass is 10.1. The van der Waals surface area contributed by atoms with Gasteiger partial charge in [0.15, 0.2) is 0 Å². The second kappa shape index (κ2) is 9.03. The van der Waals surface area contributed by atoms with Crippen molar-refractivity contribution < 1.29 is 19.1 Å². The van der Waals surface area contributed by atoms with Crippen molar-refractivity contribution >= 4 is 23.0 Å². The lowest BCUT2D eigenvalue weighted by molar-refractivity contribution is -0.143. The Hall–Kier alpha value is -3.28. The van der Waals surface area contributed by atoms with Crippen molar-refractivity contribution in [3.8, 4) is 0 Å². The van der Waals surface area contributed by atoms with Gasteiger partial charge in [0.2, 0.25) is 0 Å². The Morgan fingerprint density at radius 3 is 2.37 bits per heavy atom. The number of aromatic nitrogens is 1. The first-order valence-electron chi connectivity index (χ1n) is 9.95. The second-order valence-electron chi connectivity index (χ2n) is 8.21. The smallest absolute Gasteiger partial charge is 0.408 e. The number of esters is 1. The first-order chi connectivity index (χ1) is 14.3. The van der Waals surface area contributed by atoms with E-state index in [1.807, 2.05) is 42.6 Å². The van der Waals surface area contributed by atoms with E-state index in [9.17, 15) is 9.59 Å². The summed E-state index contributed by atoms with van der Waals surface area (Å²) in [5, 5.41) is 3.69. The number of hydrogen-bond donors (Lipinski definition) is 1. The number of amides is 1. The molecule has 0 saturated heterocycles. The highest BCUT2D eigenvalue weighted by Crippen LogP contribution is 2.24. The highest BCUT2D eigenvalue weighted by Gasteiger charge is 2.26. The summed E-state index contributed by atoms with van der Waals surface area (Å²) in [5.41, 5.74) is 2.54. The number of nitrogens with zero attached hydrogens (tertiary/aromatic N) is 1. The number of alkyl carbamates (subject to hydrolysis) is 1.